The van der Waals surface area contributed by atoms with E-state index in [-0.39, 0.29) is 0 Å². The summed E-state index contributed by atoms with van der Waals surface area (Å²) in [5.74, 6) is 1.49. The van der Waals surface area contributed by atoms with Gasteiger partial charge in [-0.25, -0.2) is 14.6 Å². The Morgan fingerprint density at radius 1 is 1.28 bits per heavy atom. The van der Waals surface area contributed by atoms with Gasteiger partial charge in [-0.1, -0.05) is 25.0 Å². The third-order valence-corrected chi connectivity index (χ3v) is 3.82. The Balaban J connectivity index is 1.90. The van der Waals surface area contributed by atoms with Crippen molar-refractivity contribution in [2.45, 2.75) is 38.6 Å². The molecule has 0 radical (unpaired) electrons. The normalized spacial score (nSPS) is 24.3. The quantitative estimate of drug-likeness (QED) is 0.874. The zero-order valence-corrected chi connectivity index (χ0v) is 10.8. The molecule has 6 heteroatoms. The van der Waals surface area contributed by atoms with Gasteiger partial charge in [0.2, 0.25) is 0 Å². The summed E-state index contributed by atoms with van der Waals surface area (Å²) in [6.45, 7) is 2.30. The second-order valence-electron chi connectivity index (χ2n) is 5.12. The van der Waals surface area contributed by atoms with E-state index in [4.69, 9.17) is 0 Å². The highest BCUT2D eigenvalue weighted by Crippen LogP contribution is 2.27. The average molecular weight is 246 g/mol. The maximum absolute atomic E-state index is 4.31. The highest BCUT2D eigenvalue weighted by molar-refractivity contribution is 5.81. The van der Waals surface area contributed by atoms with Crippen molar-refractivity contribution in [3.05, 3.63) is 6.33 Å². The van der Waals surface area contributed by atoms with Gasteiger partial charge in [0.1, 0.15) is 6.33 Å². The second kappa shape index (κ2) is 4.51. The summed E-state index contributed by atoms with van der Waals surface area (Å²) >= 11 is 0. The fraction of sp³-hybridized carbons (Fsp3) is 0.667. The van der Waals surface area contributed by atoms with E-state index in [1.165, 1.54) is 25.7 Å². The molecular weight excluding hydrogens is 228 g/mol. The Morgan fingerprint density at radius 3 is 2.94 bits per heavy atom. The molecule has 6 nitrogen and oxygen atoms in total. The van der Waals surface area contributed by atoms with Gasteiger partial charge in [0.15, 0.2) is 17.0 Å². The minimum Gasteiger partial charge on any atom is -0.365 e. The molecule has 0 bridgehead atoms. The van der Waals surface area contributed by atoms with E-state index >= 15 is 0 Å². The summed E-state index contributed by atoms with van der Waals surface area (Å²) in [5, 5.41) is 11.6. The first-order valence-electron chi connectivity index (χ1n) is 6.52. The van der Waals surface area contributed by atoms with Crippen LogP contribution >= 0.6 is 0 Å². The summed E-state index contributed by atoms with van der Waals surface area (Å²) in [6.07, 6.45) is 6.68. The zero-order valence-electron chi connectivity index (χ0n) is 10.8. The van der Waals surface area contributed by atoms with Crippen LogP contribution in [0.5, 0.6) is 0 Å². The van der Waals surface area contributed by atoms with Crippen molar-refractivity contribution in [3.63, 3.8) is 0 Å². The van der Waals surface area contributed by atoms with Crippen LogP contribution in [0, 0.1) is 5.92 Å². The van der Waals surface area contributed by atoms with Crippen LogP contribution in [0.2, 0.25) is 0 Å². The predicted octanol–water partition coefficient (Wildman–Crippen LogP) is 1.75. The lowest BCUT2D eigenvalue weighted by Gasteiger charge is -2.29. The molecule has 1 saturated carbocycles. The number of hydrogen-bond acceptors (Lipinski definition) is 5. The van der Waals surface area contributed by atoms with Gasteiger partial charge in [-0.3, -0.25) is 0 Å². The first-order valence-corrected chi connectivity index (χ1v) is 6.52. The van der Waals surface area contributed by atoms with Gasteiger partial charge in [0.25, 0.3) is 0 Å². The third kappa shape index (κ3) is 1.91. The molecule has 0 spiro atoms. The molecule has 0 amide bonds. The van der Waals surface area contributed by atoms with E-state index < -0.39 is 0 Å². The predicted molar refractivity (Wildman–Crippen MR) is 69.1 cm³/mol. The number of fused-ring (bicyclic) bond motifs is 1. The lowest BCUT2D eigenvalue weighted by Crippen LogP contribution is -2.30. The first-order chi connectivity index (χ1) is 8.75. The van der Waals surface area contributed by atoms with Crippen molar-refractivity contribution in [3.8, 4) is 0 Å². The molecule has 3 rings (SSSR count). The van der Waals surface area contributed by atoms with Crippen molar-refractivity contribution >= 4 is 17.0 Å². The van der Waals surface area contributed by atoms with Crippen LogP contribution in [0.4, 0.5) is 5.82 Å². The molecule has 2 atom stereocenters. The summed E-state index contributed by atoms with van der Waals surface area (Å²) in [6, 6.07) is 0.485. The SMILES string of the molecule is C[C@H]1CCCC[C@@H]1Nc1ncnc2c1nnn2C. The highest BCUT2D eigenvalue weighted by atomic mass is 15.4. The Labute approximate surface area is 106 Å². The molecule has 0 aromatic carbocycles. The number of rotatable bonds is 2. The van der Waals surface area contributed by atoms with Crippen molar-refractivity contribution in [1.29, 1.82) is 0 Å². The molecule has 18 heavy (non-hydrogen) atoms. The molecule has 1 aliphatic carbocycles. The maximum Gasteiger partial charge on any atom is 0.183 e. The number of anilines is 1. The third-order valence-electron chi connectivity index (χ3n) is 3.82. The minimum absolute atomic E-state index is 0.485. The van der Waals surface area contributed by atoms with Gasteiger partial charge in [-0.15, -0.1) is 5.10 Å². The van der Waals surface area contributed by atoms with E-state index in [9.17, 15) is 0 Å². The average Bonchev–Trinajstić information content (AvgIpc) is 2.76. The van der Waals surface area contributed by atoms with Crippen LogP contribution < -0.4 is 5.32 Å². The molecule has 96 valence electrons. The summed E-state index contributed by atoms with van der Waals surface area (Å²) in [5.41, 5.74) is 1.54. The lowest BCUT2D eigenvalue weighted by molar-refractivity contribution is 0.349. The maximum atomic E-state index is 4.31. The fourth-order valence-corrected chi connectivity index (χ4v) is 2.66. The van der Waals surface area contributed by atoms with Crippen LogP contribution in [0.15, 0.2) is 6.33 Å². The molecule has 2 aromatic heterocycles. The Hall–Kier alpha value is -1.72. The smallest absolute Gasteiger partial charge is 0.183 e. The van der Waals surface area contributed by atoms with E-state index in [0.29, 0.717) is 12.0 Å². The van der Waals surface area contributed by atoms with Gasteiger partial charge < -0.3 is 5.32 Å². The summed E-state index contributed by atoms with van der Waals surface area (Å²) in [4.78, 5) is 8.51. The molecular formula is C12H18N6. The second-order valence-corrected chi connectivity index (χ2v) is 5.12. The van der Waals surface area contributed by atoms with E-state index in [1.54, 1.807) is 11.0 Å². The monoisotopic (exact) mass is 246 g/mol. The molecule has 0 aliphatic heterocycles. The van der Waals surface area contributed by atoms with Gasteiger partial charge in [-0.05, 0) is 18.8 Å². The van der Waals surface area contributed by atoms with Crippen molar-refractivity contribution < 1.29 is 0 Å². The van der Waals surface area contributed by atoms with Gasteiger partial charge in [0.05, 0.1) is 0 Å². The number of nitrogens with zero attached hydrogens (tertiary/aromatic N) is 5. The zero-order chi connectivity index (χ0) is 12.5. The van der Waals surface area contributed by atoms with Gasteiger partial charge in [0, 0.05) is 13.1 Å². The van der Waals surface area contributed by atoms with Crippen molar-refractivity contribution in [1.82, 2.24) is 25.0 Å². The van der Waals surface area contributed by atoms with Crippen LogP contribution in [-0.4, -0.2) is 31.0 Å². The lowest BCUT2D eigenvalue weighted by atomic mass is 9.86. The van der Waals surface area contributed by atoms with E-state index in [0.717, 1.165) is 17.0 Å². The standard InChI is InChI=1S/C12H18N6/c1-8-5-3-4-6-9(8)15-11-10-12(14-7-13-11)18(2)17-16-10/h7-9H,3-6H2,1-2H3,(H,13,14,15)/t8-,9-/m0/s1. The van der Waals surface area contributed by atoms with Crippen LogP contribution in [0.3, 0.4) is 0 Å². The van der Waals surface area contributed by atoms with Crippen molar-refractivity contribution in [2.75, 3.05) is 5.32 Å². The molecule has 1 N–H and O–H groups in total. The molecule has 0 saturated heterocycles. The fourth-order valence-electron chi connectivity index (χ4n) is 2.66. The molecule has 1 aliphatic rings. The highest BCUT2D eigenvalue weighted by Gasteiger charge is 2.22. The molecule has 1 fully saturated rings. The van der Waals surface area contributed by atoms with E-state index in [2.05, 4.69) is 32.5 Å². The van der Waals surface area contributed by atoms with Crippen LogP contribution in [0.25, 0.3) is 11.2 Å². The number of aryl methyl sites for hydroxylation is 1. The summed E-state index contributed by atoms with van der Waals surface area (Å²) < 4.78 is 1.67. The Morgan fingerprint density at radius 2 is 2.11 bits per heavy atom. The number of aromatic nitrogens is 5. The van der Waals surface area contributed by atoms with Crippen LogP contribution in [-0.2, 0) is 7.05 Å². The van der Waals surface area contributed by atoms with Gasteiger partial charge >= 0.3 is 0 Å². The topological polar surface area (TPSA) is 68.5 Å². The molecule has 2 heterocycles. The Bertz CT molecular complexity index is 548. The van der Waals surface area contributed by atoms with Crippen LogP contribution in [0.1, 0.15) is 32.6 Å². The molecule has 0 unspecified atom stereocenters. The number of nitrogens with one attached hydrogen (secondary N) is 1. The summed E-state index contributed by atoms with van der Waals surface area (Å²) in [7, 11) is 1.84. The van der Waals surface area contributed by atoms with Crippen molar-refractivity contribution in [2.24, 2.45) is 13.0 Å². The van der Waals surface area contributed by atoms with E-state index in [1.807, 2.05) is 7.05 Å². The Kier molecular flexibility index (Phi) is 2.85. The minimum atomic E-state index is 0.485. The molecule has 2 aromatic rings. The largest absolute Gasteiger partial charge is 0.365 e. The first kappa shape index (κ1) is 11.4. The number of hydrogen-bond donors (Lipinski definition) is 1. The van der Waals surface area contributed by atoms with Gasteiger partial charge in [-0.2, -0.15) is 0 Å².